The van der Waals surface area contributed by atoms with Gasteiger partial charge >= 0.3 is 0 Å². The zero-order valence-corrected chi connectivity index (χ0v) is 11.1. The molecule has 0 saturated heterocycles. The third-order valence-corrected chi connectivity index (χ3v) is 3.54. The molecule has 0 aliphatic rings. The Bertz CT molecular complexity index is 473. The molecule has 18 heavy (non-hydrogen) atoms. The Hall–Kier alpha value is -1.55. The second kappa shape index (κ2) is 7.01. The predicted molar refractivity (Wildman–Crippen MR) is 76.5 cm³/mol. The predicted octanol–water partition coefficient (Wildman–Crippen LogP) is 3.17. The summed E-state index contributed by atoms with van der Waals surface area (Å²) in [4.78, 5) is 8.33. The number of nitrogens with two attached hydrogens (primary N) is 1. The van der Waals surface area contributed by atoms with Crippen LogP contribution in [0.25, 0.3) is 0 Å². The molecule has 0 saturated carbocycles. The quantitative estimate of drug-likeness (QED) is 0.492. The molecule has 0 aliphatic heterocycles. The Labute approximate surface area is 112 Å². The summed E-state index contributed by atoms with van der Waals surface area (Å²) in [6.45, 7) is 0. The molecule has 0 radical (unpaired) electrons. The first kappa shape index (κ1) is 12.9. The minimum atomic E-state index is 0.539. The highest BCUT2D eigenvalue weighted by atomic mass is 32.2. The van der Waals surface area contributed by atoms with Crippen LogP contribution in [0.15, 0.2) is 47.8 Å². The van der Waals surface area contributed by atoms with E-state index in [4.69, 9.17) is 5.73 Å². The molecule has 1 aromatic carbocycles. The minimum Gasteiger partial charge on any atom is -0.384 e. The van der Waals surface area contributed by atoms with E-state index in [9.17, 15) is 0 Å². The van der Waals surface area contributed by atoms with Gasteiger partial charge in [-0.3, -0.25) is 0 Å². The highest BCUT2D eigenvalue weighted by Gasteiger charge is 1.98. The van der Waals surface area contributed by atoms with Crippen LogP contribution in [0, 0.1) is 0 Å². The van der Waals surface area contributed by atoms with Gasteiger partial charge in [0.2, 0.25) is 0 Å². The first-order chi connectivity index (χ1) is 8.84. The Morgan fingerprint density at radius 1 is 1.06 bits per heavy atom. The molecule has 2 N–H and O–H groups in total. The van der Waals surface area contributed by atoms with Crippen molar-refractivity contribution in [2.75, 3.05) is 11.5 Å². The van der Waals surface area contributed by atoms with E-state index >= 15 is 0 Å². The van der Waals surface area contributed by atoms with Gasteiger partial charge in [0.1, 0.15) is 5.82 Å². The molecular formula is C14H17N3S. The third-order valence-electron chi connectivity index (χ3n) is 2.59. The lowest BCUT2D eigenvalue weighted by Gasteiger charge is -2.02. The number of hydrogen-bond acceptors (Lipinski definition) is 4. The maximum atomic E-state index is 5.60. The Kier molecular flexibility index (Phi) is 5.02. The van der Waals surface area contributed by atoms with Crippen LogP contribution in [-0.4, -0.2) is 15.7 Å². The van der Waals surface area contributed by atoms with Crippen molar-refractivity contribution in [3.8, 4) is 0 Å². The van der Waals surface area contributed by atoms with E-state index in [-0.39, 0.29) is 0 Å². The average molecular weight is 259 g/mol. The smallest absolute Gasteiger partial charge is 0.189 e. The number of unbranched alkanes of at least 4 members (excludes halogenated alkanes) is 1. The van der Waals surface area contributed by atoms with Gasteiger partial charge in [0.25, 0.3) is 0 Å². The largest absolute Gasteiger partial charge is 0.384 e. The fourth-order valence-corrected chi connectivity index (χ4v) is 2.50. The van der Waals surface area contributed by atoms with E-state index in [0.29, 0.717) is 5.82 Å². The highest BCUT2D eigenvalue weighted by Crippen LogP contribution is 2.16. The molecule has 3 nitrogen and oxygen atoms in total. The molecule has 0 spiro atoms. The minimum absolute atomic E-state index is 0.539. The number of nitrogen functional groups attached to an aromatic ring is 1. The van der Waals surface area contributed by atoms with Crippen LogP contribution in [0.3, 0.4) is 0 Å². The number of anilines is 1. The molecule has 0 atom stereocenters. The fourth-order valence-electron chi connectivity index (χ4n) is 1.66. The maximum absolute atomic E-state index is 5.60. The number of aryl methyl sites for hydroxylation is 1. The van der Waals surface area contributed by atoms with Crippen molar-refractivity contribution in [1.29, 1.82) is 0 Å². The standard InChI is InChI=1S/C14H17N3S/c15-13-9-10-16-14(17-13)18-11-5-4-8-12-6-2-1-3-7-12/h1-3,6-7,9-10H,4-5,8,11H2,(H2,15,16,17). The zero-order chi connectivity index (χ0) is 12.6. The van der Waals surface area contributed by atoms with Gasteiger partial charge in [-0.05, 0) is 30.9 Å². The number of benzene rings is 1. The molecule has 94 valence electrons. The lowest BCUT2D eigenvalue weighted by molar-refractivity contribution is 0.800. The number of aromatic nitrogens is 2. The van der Waals surface area contributed by atoms with Crippen LogP contribution in [0.4, 0.5) is 5.82 Å². The van der Waals surface area contributed by atoms with Crippen LogP contribution in [-0.2, 0) is 6.42 Å². The molecule has 1 aromatic heterocycles. The summed E-state index contributed by atoms with van der Waals surface area (Å²) in [7, 11) is 0. The summed E-state index contributed by atoms with van der Waals surface area (Å²) in [5.41, 5.74) is 7.01. The van der Waals surface area contributed by atoms with E-state index in [2.05, 4.69) is 40.3 Å². The normalized spacial score (nSPS) is 10.4. The van der Waals surface area contributed by atoms with Gasteiger partial charge in [0, 0.05) is 11.9 Å². The van der Waals surface area contributed by atoms with Crippen LogP contribution in [0.2, 0.25) is 0 Å². The van der Waals surface area contributed by atoms with E-state index in [0.717, 1.165) is 23.8 Å². The van der Waals surface area contributed by atoms with Crippen LogP contribution < -0.4 is 5.73 Å². The molecule has 1 heterocycles. The molecular weight excluding hydrogens is 242 g/mol. The molecule has 2 rings (SSSR count). The summed E-state index contributed by atoms with van der Waals surface area (Å²) in [6, 6.07) is 12.3. The first-order valence-electron chi connectivity index (χ1n) is 6.10. The molecule has 0 amide bonds. The maximum Gasteiger partial charge on any atom is 0.189 e. The summed E-state index contributed by atoms with van der Waals surface area (Å²) >= 11 is 1.67. The van der Waals surface area contributed by atoms with Crippen molar-refractivity contribution in [2.24, 2.45) is 0 Å². The van der Waals surface area contributed by atoms with Crippen LogP contribution in [0.5, 0.6) is 0 Å². The van der Waals surface area contributed by atoms with Crippen LogP contribution in [0.1, 0.15) is 18.4 Å². The molecule has 2 aromatic rings. The summed E-state index contributed by atoms with van der Waals surface area (Å²) < 4.78 is 0. The summed E-state index contributed by atoms with van der Waals surface area (Å²) in [5.74, 6) is 1.58. The van der Waals surface area contributed by atoms with Gasteiger partial charge in [0.05, 0.1) is 0 Å². The summed E-state index contributed by atoms with van der Waals surface area (Å²) in [6.07, 6.45) is 5.20. The van der Waals surface area contributed by atoms with Gasteiger partial charge in [-0.1, -0.05) is 42.1 Å². The lowest BCUT2D eigenvalue weighted by Crippen LogP contribution is -1.94. The molecule has 4 heteroatoms. The Morgan fingerprint density at radius 3 is 2.67 bits per heavy atom. The number of thioether (sulfide) groups is 1. The van der Waals surface area contributed by atoms with Crippen molar-refractivity contribution in [2.45, 2.75) is 24.4 Å². The van der Waals surface area contributed by atoms with Crippen molar-refractivity contribution < 1.29 is 0 Å². The SMILES string of the molecule is Nc1ccnc(SCCCCc2ccccc2)n1. The van der Waals surface area contributed by atoms with Gasteiger partial charge in [0.15, 0.2) is 5.16 Å². The van der Waals surface area contributed by atoms with E-state index in [1.165, 1.54) is 12.0 Å². The van der Waals surface area contributed by atoms with Gasteiger partial charge in [-0.25, -0.2) is 9.97 Å². The highest BCUT2D eigenvalue weighted by molar-refractivity contribution is 7.99. The second-order valence-electron chi connectivity index (χ2n) is 4.06. The lowest BCUT2D eigenvalue weighted by atomic mass is 10.1. The Morgan fingerprint density at radius 2 is 1.89 bits per heavy atom. The van der Waals surface area contributed by atoms with Crippen molar-refractivity contribution in [1.82, 2.24) is 9.97 Å². The first-order valence-corrected chi connectivity index (χ1v) is 7.08. The van der Waals surface area contributed by atoms with Gasteiger partial charge in [-0.2, -0.15) is 0 Å². The topological polar surface area (TPSA) is 51.8 Å². The number of nitrogens with zero attached hydrogens (tertiary/aromatic N) is 2. The van der Waals surface area contributed by atoms with Crippen molar-refractivity contribution >= 4 is 17.6 Å². The summed E-state index contributed by atoms with van der Waals surface area (Å²) in [5, 5.41) is 0.773. The molecule has 0 bridgehead atoms. The zero-order valence-electron chi connectivity index (χ0n) is 10.2. The molecule has 0 aliphatic carbocycles. The molecule has 0 unspecified atom stereocenters. The second-order valence-corrected chi connectivity index (χ2v) is 5.12. The Balaban J connectivity index is 1.65. The van der Waals surface area contributed by atoms with Crippen molar-refractivity contribution in [3.05, 3.63) is 48.2 Å². The van der Waals surface area contributed by atoms with Gasteiger partial charge < -0.3 is 5.73 Å². The number of hydrogen-bond donors (Lipinski definition) is 1. The third kappa shape index (κ3) is 4.37. The van der Waals surface area contributed by atoms with E-state index in [1.807, 2.05) is 0 Å². The van der Waals surface area contributed by atoms with Crippen LogP contribution >= 0.6 is 11.8 Å². The fraction of sp³-hybridized carbons (Fsp3) is 0.286. The van der Waals surface area contributed by atoms with E-state index in [1.54, 1.807) is 24.0 Å². The van der Waals surface area contributed by atoms with Gasteiger partial charge in [-0.15, -0.1) is 0 Å². The molecule has 0 fully saturated rings. The number of rotatable bonds is 6. The average Bonchev–Trinajstić information content (AvgIpc) is 2.40. The van der Waals surface area contributed by atoms with Crippen molar-refractivity contribution in [3.63, 3.8) is 0 Å². The monoisotopic (exact) mass is 259 g/mol. The van der Waals surface area contributed by atoms with E-state index < -0.39 is 0 Å².